The smallest absolute Gasteiger partial charge is 0.142 e. The third-order valence-corrected chi connectivity index (χ3v) is 4.37. The third-order valence-electron chi connectivity index (χ3n) is 4.37. The summed E-state index contributed by atoms with van der Waals surface area (Å²) in [5, 5.41) is 2.02. The molecule has 0 aromatic heterocycles. The van der Waals surface area contributed by atoms with Gasteiger partial charge in [0.2, 0.25) is 0 Å². The van der Waals surface area contributed by atoms with Crippen molar-refractivity contribution in [2.45, 2.75) is 90.5 Å². The monoisotopic (exact) mass is 294 g/mol. The van der Waals surface area contributed by atoms with E-state index in [4.69, 9.17) is 10.6 Å². The van der Waals surface area contributed by atoms with E-state index < -0.39 is 0 Å². The molecular weight excluding hydrogens is 260 g/mol. The van der Waals surface area contributed by atoms with Crippen molar-refractivity contribution >= 4 is 0 Å². The fraction of sp³-hybridized carbons (Fsp3) is 0.778. The van der Waals surface area contributed by atoms with E-state index in [0.29, 0.717) is 5.70 Å². The van der Waals surface area contributed by atoms with Crippen LogP contribution in [0.5, 0.6) is 0 Å². The molecule has 0 aliphatic carbocycles. The summed E-state index contributed by atoms with van der Waals surface area (Å²) in [7, 11) is 0. The molecule has 0 radical (unpaired) electrons. The lowest BCUT2D eigenvalue weighted by Crippen LogP contribution is -2.43. The fourth-order valence-electron chi connectivity index (χ4n) is 2.86. The van der Waals surface area contributed by atoms with Crippen molar-refractivity contribution in [1.29, 1.82) is 0 Å². The van der Waals surface area contributed by atoms with Crippen molar-refractivity contribution in [3.05, 3.63) is 24.2 Å². The van der Waals surface area contributed by atoms with Crippen LogP contribution in [0.4, 0.5) is 0 Å². The topological polar surface area (TPSA) is 38.5 Å². The Hall–Kier alpha value is -1.12. The standard InChI is InChI=1S/C18H34N2O/c1-4-6-8-10-13-18(3,14-11-9-7-5-2)20-15-12-17(19)16-21-20/h12,15-16H,4-11,13-14,19H2,1-3H3. The number of hydrogen-bond acceptors (Lipinski definition) is 3. The van der Waals surface area contributed by atoms with Gasteiger partial charge in [-0.05, 0) is 25.8 Å². The van der Waals surface area contributed by atoms with Crippen molar-refractivity contribution in [2.24, 2.45) is 5.73 Å². The number of rotatable bonds is 11. The van der Waals surface area contributed by atoms with Crippen molar-refractivity contribution < 1.29 is 4.84 Å². The van der Waals surface area contributed by atoms with E-state index in [9.17, 15) is 0 Å². The molecule has 1 aliphatic heterocycles. The Morgan fingerprint density at radius 2 is 1.57 bits per heavy atom. The summed E-state index contributed by atoms with van der Waals surface area (Å²) in [4.78, 5) is 5.73. The van der Waals surface area contributed by atoms with Gasteiger partial charge in [0.25, 0.3) is 0 Å². The lowest BCUT2D eigenvalue weighted by atomic mass is 9.87. The van der Waals surface area contributed by atoms with Gasteiger partial charge in [-0.15, -0.1) is 0 Å². The number of allylic oxidation sites excluding steroid dienone is 1. The molecule has 3 nitrogen and oxygen atoms in total. The first-order valence-electron chi connectivity index (χ1n) is 8.72. The second kappa shape index (κ2) is 9.75. The number of hydrogen-bond donors (Lipinski definition) is 1. The van der Waals surface area contributed by atoms with Crippen LogP contribution in [0.25, 0.3) is 0 Å². The quantitative estimate of drug-likeness (QED) is 0.529. The SMILES string of the molecule is CCCCCCC(C)(CCCCCC)N1C=CC(N)=CO1. The van der Waals surface area contributed by atoms with E-state index in [0.717, 1.165) is 0 Å². The molecule has 0 saturated heterocycles. The Labute approximate surface area is 131 Å². The molecule has 2 N–H and O–H groups in total. The van der Waals surface area contributed by atoms with Crippen molar-refractivity contribution in [1.82, 2.24) is 5.06 Å². The Balaban J connectivity index is 2.53. The Kier molecular flexibility index (Phi) is 8.33. The molecule has 1 heterocycles. The summed E-state index contributed by atoms with van der Waals surface area (Å²) in [6, 6.07) is 0. The molecule has 0 amide bonds. The highest BCUT2D eigenvalue weighted by atomic mass is 16.7. The van der Waals surface area contributed by atoms with E-state index >= 15 is 0 Å². The van der Waals surface area contributed by atoms with Gasteiger partial charge in [-0.1, -0.05) is 65.2 Å². The molecule has 0 saturated carbocycles. The largest absolute Gasteiger partial charge is 0.396 e. The first kappa shape index (κ1) is 17.9. The Morgan fingerprint density at radius 1 is 1.00 bits per heavy atom. The normalized spacial score (nSPS) is 15.0. The molecule has 0 bridgehead atoms. The Morgan fingerprint density at radius 3 is 2.00 bits per heavy atom. The van der Waals surface area contributed by atoms with E-state index in [1.54, 1.807) is 6.26 Å². The summed E-state index contributed by atoms with van der Waals surface area (Å²) in [6.07, 6.45) is 18.3. The van der Waals surface area contributed by atoms with Crippen LogP contribution in [-0.2, 0) is 4.84 Å². The molecule has 0 aromatic carbocycles. The van der Waals surface area contributed by atoms with Crippen LogP contribution in [0.2, 0.25) is 0 Å². The molecule has 3 heteroatoms. The summed E-state index contributed by atoms with van der Waals surface area (Å²) in [6.45, 7) is 6.84. The molecule has 0 aromatic rings. The molecule has 122 valence electrons. The summed E-state index contributed by atoms with van der Waals surface area (Å²) >= 11 is 0. The van der Waals surface area contributed by atoms with Crippen LogP contribution in [0, 0.1) is 0 Å². The number of nitrogens with two attached hydrogens (primary N) is 1. The van der Waals surface area contributed by atoms with Crippen molar-refractivity contribution in [3.63, 3.8) is 0 Å². The zero-order valence-corrected chi connectivity index (χ0v) is 14.2. The van der Waals surface area contributed by atoms with Crippen LogP contribution >= 0.6 is 0 Å². The highest BCUT2D eigenvalue weighted by Crippen LogP contribution is 2.31. The first-order valence-corrected chi connectivity index (χ1v) is 8.72. The van der Waals surface area contributed by atoms with E-state index in [2.05, 4.69) is 20.8 Å². The van der Waals surface area contributed by atoms with Gasteiger partial charge < -0.3 is 10.6 Å². The minimum atomic E-state index is 0.0786. The summed E-state index contributed by atoms with van der Waals surface area (Å²) in [5.41, 5.74) is 6.51. The zero-order valence-electron chi connectivity index (χ0n) is 14.2. The van der Waals surface area contributed by atoms with Gasteiger partial charge in [-0.2, -0.15) is 0 Å². The lowest BCUT2D eigenvalue weighted by Gasteiger charge is -2.40. The summed E-state index contributed by atoms with van der Waals surface area (Å²) < 4.78 is 0. The number of nitrogens with zero attached hydrogens (tertiary/aromatic N) is 1. The molecule has 0 unspecified atom stereocenters. The van der Waals surface area contributed by atoms with Crippen LogP contribution in [0.15, 0.2) is 24.2 Å². The lowest BCUT2D eigenvalue weighted by molar-refractivity contribution is -0.144. The predicted octanol–water partition coefficient (Wildman–Crippen LogP) is 5.25. The molecule has 0 spiro atoms. The van der Waals surface area contributed by atoms with Gasteiger partial charge in [-0.25, -0.2) is 5.06 Å². The van der Waals surface area contributed by atoms with E-state index in [1.165, 1.54) is 64.2 Å². The minimum absolute atomic E-state index is 0.0786. The number of unbranched alkanes of at least 4 members (excludes halogenated alkanes) is 6. The average Bonchev–Trinajstić information content (AvgIpc) is 2.49. The fourth-order valence-corrected chi connectivity index (χ4v) is 2.86. The van der Waals surface area contributed by atoms with Gasteiger partial charge in [0, 0.05) is 6.20 Å². The first-order chi connectivity index (χ1) is 10.1. The van der Waals surface area contributed by atoms with Gasteiger partial charge >= 0.3 is 0 Å². The molecule has 0 atom stereocenters. The second-order valence-electron chi connectivity index (χ2n) is 6.48. The molecule has 0 fully saturated rings. The Bertz CT molecular complexity index is 324. The van der Waals surface area contributed by atoms with Crippen LogP contribution < -0.4 is 5.73 Å². The van der Waals surface area contributed by atoms with Crippen LogP contribution in [0.3, 0.4) is 0 Å². The second-order valence-corrected chi connectivity index (χ2v) is 6.48. The molecule has 1 aliphatic rings. The van der Waals surface area contributed by atoms with Gasteiger partial charge in [-0.3, -0.25) is 0 Å². The summed E-state index contributed by atoms with van der Waals surface area (Å²) in [5.74, 6) is 0. The number of hydroxylamine groups is 2. The average molecular weight is 294 g/mol. The highest BCUT2D eigenvalue weighted by Gasteiger charge is 2.31. The maximum absolute atomic E-state index is 5.74. The van der Waals surface area contributed by atoms with Crippen LogP contribution in [-0.4, -0.2) is 10.6 Å². The minimum Gasteiger partial charge on any atom is -0.396 e. The van der Waals surface area contributed by atoms with Gasteiger partial charge in [0.15, 0.2) is 0 Å². The van der Waals surface area contributed by atoms with Gasteiger partial charge in [0.1, 0.15) is 6.26 Å². The van der Waals surface area contributed by atoms with E-state index in [1.807, 2.05) is 17.3 Å². The van der Waals surface area contributed by atoms with Gasteiger partial charge in [0.05, 0.1) is 11.2 Å². The zero-order chi connectivity index (χ0) is 15.6. The molecular formula is C18H34N2O. The van der Waals surface area contributed by atoms with Crippen LogP contribution in [0.1, 0.15) is 85.0 Å². The maximum Gasteiger partial charge on any atom is 0.142 e. The maximum atomic E-state index is 5.74. The third kappa shape index (κ3) is 6.45. The highest BCUT2D eigenvalue weighted by molar-refractivity contribution is 5.14. The van der Waals surface area contributed by atoms with Crippen molar-refractivity contribution in [2.75, 3.05) is 0 Å². The molecule has 1 rings (SSSR count). The van der Waals surface area contributed by atoms with Crippen molar-refractivity contribution in [3.8, 4) is 0 Å². The molecule has 21 heavy (non-hydrogen) atoms. The van der Waals surface area contributed by atoms with E-state index in [-0.39, 0.29) is 5.54 Å². The predicted molar refractivity (Wildman–Crippen MR) is 90.3 cm³/mol.